The number of hydrogen-bond acceptors (Lipinski definition) is 4. The van der Waals surface area contributed by atoms with Crippen LogP contribution in [-0.4, -0.2) is 69.5 Å². The average Bonchev–Trinajstić information content (AvgIpc) is 2.79. The molecule has 1 unspecified atom stereocenters. The number of hydrogen-bond donors (Lipinski definition) is 1. The van der Waals surface area contributed by atoms with Crippen LogP contribution in [0.25, 0.3) is 0 Å². The average molecular weight is 249 g/mol. The van der Waals surface area contributed by atoms with Crippen molar-refractivity contribution in [3.8, 4) is 0 Å². The molecule has 2 aliphatic heterocycles. The molecule has 0 radical (unpaired) electrons. The van der Waals surface area contributed by atoms with Gasteiger partial charge in [-0.3, -0.25) is 0 Å². The Morgan fingerprint density at radius 2 is 1.88 bits per heavy atom. The predicted molar refractivity (Wildman–Crippen MR) is 60.3 cm³/mol. The first-order chi connectivity index (χ1) is 7.64. The van der Waals surface area contributed by atoms with Crippen LogP contribution in [0.1, 0.15) is 6.42 Å². The molecule has 0 aromatic carbocycles. The molecule has 0 amide bonds. The Hall–Kier alpha value is -0.210. The number of piperazine rings is 1. The molecule has 2 rings (SSSR count). The van der Waals surface area contributed by atoms with Gasteiger partial charge in [-0.15, -0.1) is 0 Å². The molecule has 1 N–H and O–H groups in total. The summed E-state index contributed by atoms with van der Waals surface area (Å²) in [6.07, 6.45) is 0.847. The maximum Gasteiger partial charge on any atom is 0.282 e. The quantitative estimate of drug-likeness (QED) is 0.686. The van der Waals surface area contributed by atoms with Crippen LogP contribution in [0.3, 0.4) is 0 Å². The minimum atomic E-state index is -3.26. The summed E-state index contributed by atoms with van der Waals surface area (Å²) in [6, 6.07) is 0. The van der Waals surface area contributed by atoms with Gasteiger partial charge in [0.05, 0.1) is 6.10 Å². The Bertz CT molecular complexity index is 327. The van der Waals surface area contributed by atoms with Crippen LogP contribution in [0, 0.1) is 0 Å². The van der Waals surface area contributed by atoms with Gasteiger partial charge in [-0.25, -0.2) is 0 Å². The van der Waals surface area contributed by atoms with Gasteiger partial charge in [0.1, 0.15) is 0 Å². The molecule has 2 heterocycles. The normalized spacial score (nSPS) is 29.7. The van der Waals surface area contributed by atoms with Gasteiger partial charge in [-0.1, -0.05) is 0 Å². The molecule has 0 bridgehead atoms. The number of rotatable bonds is 3. The van der Waals surface area contributed by atoms with Crippen molar-refractivity contribution in [2.45, 2.75) is 12.5 Å². The van der Waals surface area contributed by atoms with E-state index in [9.17, 15) is 8.42 Å². The third-order valence-electron chi connectivity index (χ3n) is 3.17. The molecule has 0 saturated carbocycles. The number of nitrogens with one attached hydrogen (secondary N) is 1. The SMILES string of the molecule is COC1CCN(S(=O)(=O)N2CCNCC2)C1. The van der Waals surface area contributed by atoms with Crippen LogP contribution in [0.15, 0.2) is 0 Å². The van der Waals surface area contributed by atoms with E-state index >= 15 is 0 Å². The van der Waals surface area contributed by atoms with Crippen molar-refractivity contribution in [2.75, 3.05) is 46.4 Å². The molecule has 16 heavy (non-hydrogen) atoms. The van der Waals surface area contributed by atoms with Crippen molar-refractivity contribution in [1.29, 1.82) is 0 Å². The molecule has 0 aromatic heterocycles. The number of nitrogens with zero attached hydrogens (tertiary/aromatic N) is 2. The second kappa shape index (κ2) is 4.97. The Morgan fingerprint density at radius 3 is 2.44 bits per heavy atom. The summed E-state index contributed by atoms with van der Waals surface area (Å²) in [4.78, 5) is 0. The summed E-state index contributed by atoms with van der Waals surface area (Å²) >= 11 is 0. The van der Waals surface area contributed by atoms with E-state index in [4.69, 9.17) is 4.74 Å². The van der Waals surface area contributed by atoms with Crippen molar-refractivity contribution in [2.24, 2.45) is 0 Å². The lowest BCUT2D eigenvalue weighted by atomic mass is 10.3. The zero-order valence-corrected chi connectivity index (χ0v) is 10.4. The molecule has 2 fully saturated rings. The van der Waals surface area contributed by atoms with E-state index in [1.54, 1.807) is 11.4 Å². The second-order valence-electron chi connectivity index (χ2n) is 4.16. The second-order valence-corrected chi connectivity index (χ2v) is 6.09. The van der Waals surface area contributed by atoms with E-state index in [0.29, 0.717) is 26.2 Å². The molecule has 94 valence electrons. The van der Waals surface area contributed by atoms with E-state index < -0.39 is 10.2 Å². The Labute approximate surface area is 96.7 Å². The molecule has 2 aliphatic rings. The van der Waals surface area contributed by atoms with Crippen molar-refractivity contribution in [1.82, 2.24) is 13.9 Å². The summed E-state index contributed by atoms with van der Waals surface area (Å²) in [6.45, 7) is 3.67. The summed E-state index contributed by atoms with van der Waals surface area (Å²) in [5, 5.41) is 3.15. The maximum absolute atomic E-state index is 12.2. The fraction of sp³-hybridized carbons (Fsp3) is 1.00. The molecule has 0 aliphatic carbocycles. The molecular formula is C9H19N3O3S. The minimum absolute atomic E-state index is 0.0534. The largest absolute Gasteiger partial charge is 0.380 e. The Morgan fingerprint density at radius 1 is 1.19 bits per heavy atom. The molecule has 2 saturated heterocycles. The van der Waals surface area contributed by atoms with Gasteiger partial charge >= 0.3 is 0 Å². The van der Waals surface area contributed by atoms with Crippen molar-refractivity contribution in [3.63, 3.8) is 0 Å². The van der Waals surface area contributed by atoms with E-state index in [-0.39, 0.29) is 6.10 Å². The van der Waals surface area contributed by atoms with E-state index in [2.05, 4.69) is 5.32 Å². The first-order valence-electron chi connectivity index (χ1n) is 5.63. The fourth-order valence-corrected chi connectivity index (χ4v) is 3.80. The van der Waals surface area contributed by atoms with Crippen LogP contribution in [0.4, 0.5) is 0 Å². The number of ether oxygens (including phenoxy) is 1. The van der Waals surface area contributed by atoms with Crippen LogP contribution >= 0.6 is 0 Å². The lowest BCUT2D eigenvalue weighted by Crippen LogP contribution is -2.51. The highest BCUT2D eigenvalue weighted by molar-refractivity contribution is 7.86. The highest BCUT2D eigenvalue weighted by Crippen LogP contribution is 2.18. The highest BCUT2D eigenvalue weighted by Gasteiger charge is 2.35. The smallest absolute Gasteiger partial charge is 0.282 e. The third kappa shape index (κ3) is 2.38. The molecule has 0 spiro atoms. The van der Waals surface area contributed by atoms with Crippen LogP contribution < -0.4 is 5.32 Å². The molecule has 1 atom stereocenters. The zero-order valence-electron chi connectivity index (χ0n) is 9.55. The van der Waals surface area contributed by atoms with Crippen molar-refractivity contribution in [3.05, 3.63) is 0 Å². The van der Waals surface area contributed by atoms with Crippen molar-refractivity contribution >= 4 is 10.2 Å². The first-order valence-corrected chi connectivity index (χ1v) is 7.03. The third-order valence-corrected chi connectivity index (χ3v) is 5.17. The van der Waals surface area contributed by atoms with E-state index in [0.717, 1.165) is 19.5 Å². The summed E-state index contributed by atoms with van der Waals surface area (Å²) < 4.78 is 32.7. The van der Waals surface area contributed by atoms with Gasteiger partial charge in [-0.05, 0) is 6.42 Å². The maximum atomic E-state index is 12.2. The highest BCUT2D eigenvalue weighted by atomic mass is 32.2. The van der Waals surface area contributed by atoms with Gasteiger partial charge in [0.2, 0.25) is 0 Å². The predicted octanol–water partition coefficient (Wildman–Crippen LogP) is -1.14. The lowest BCUT2D eigenvalue weighted by Gasteiger charge is -2.30. The number of methoxy groups -OCH3 is 1. The Kier molecular flexibility index (Phi) is 3.81. The van der Waals surface area contributed by atoms with Gasteiger partial charge < -0.3 is 10.1 Å². The summed E-state index contributed by atoms with van der Waals surface area (Å²) in [5.74, 6) is 0. The minimum Gasteiger partial charge on any atom is -0.380 e. The topological polar surface area (TPSA) is 61.9 Å². The van der Waals surface area contributed by atoms with Gasteiger partial charge in [0.25, 0.3) is 10.2 Å². The van der Waals surface area contributed by atoms with Crippen molar-refractivity contribution < 1.29 is 13.2 Å². The molecule has 6 nitrogen and oxygen atoms in total. The van der Waals surface area contributed by atoms with Crippen LogP contribution in [0.2, 0.25) is 0 Å². The Balaban J connectivity index is 2.01. The molecule has 0 aromatic rings. The molecule has 7 heteroatoms. The summed E-state index contributed by atoms with van der Waals surface area (Å²) in [7, 11) is -1.63. The lowest BCUT2D eigenvalue weighted by molar-refractivity contribution is 0.114. The van der Waals surface area contributed by atoms with Crippen LogP contribution in [0.5, 0.6) is 0 Å². The standard InChI is InChI=1S/C9H19N3O3S/c1-15-9-2-5-12(8-9)16(13,14)11-6-3-10-4-7-11/h9-10H,2-8H2,1H3. The molecular weight excluding hydrogens is 230 g/mol. The van der Waals surface area contributed by atoms with Crippen LogP contribution in [-0.2, 0) is 14.9 Å². The van der Waals surface area contributed by atoms with E-state index in [1.165, 1.54) is 4.31 Å². The van der Waals surface area contributed by atoms with Gasteiger partial charge in [0, 0.05) is 46.4 Å². The van der Waals surface area contributed by atoms with Gasteiger partial charge in [0.15, 0.2) is 0 Å². The zero-order chi connectivity index (χ0) is 11.6. The van der Waals surface area contributed by atoms with Gasteiger partial charge in [-0.2, -0.15) is 17.0 Å². The first kappa shape index (κ1) is 12.3. The summed E-state index contributed by atoms with van der Waals surface area (Å²) in [5.41, 5.74) is 0. The fourth-order valence-electron chi connectivity index (χ4n) is 2.14. The monoisotopic (exact) mass is 249 g/mol. The van der Waals surface area contributed by atoms with E-state index in [1.807, 2.05) is 0 Å².